The minimum atomic E-state index is -0.0786. The van der Waals surface area contributed by atoms with Crippen LogP contribution < -0.4 is 0 Å². The fourth-order valence-electron chi connectivity index (χ4n) is 1.82. The topological polar surface area (TPSA) is 20.2 Å². The molecule has 0 aromatic rings. The van der Waals surface area contributed by atoms with E-state index in [1.807, 2.05) is 0 Å². The van der Waals surface area contributed by atoms with Crippen LogP contribution in [0.1, 0.15) is 78.6 Å². The van der Waals surface area contributed by atoms with Crippen molar-refractivity contribution in [3.8, 4) is 0 Å². The lowest BCUT2D eigenvalue weighted by Crippen LogP contribution is -2.13. The van der Waals surface area contributed by atoms with Gasteiger partial charge in [-0.3, -0.25) is 0 Å². The first-order chi connectivity index (χ1) is 7.18. The van der Waals surface area contributed by atoms with Gasteiger partial charge >= 0.3 is 0 Å². The highest BCUT2D eigenvalue weighted by Crippen LogP contribution is 2.13. The zero-order chi connectivity index (χ0) is 11.5. The second-order valence-corrected chi connectivity index (χ2v) is 5.07. The summed E-state index contributed by atoms with van der Waals surface area (Å²) in [5.74, 6) is 0.426. The van der Waals surface area contributed by atoms with Gasteiger partial charge in [-0.2, -0.15) is 0 Å². The fourth-order valence-corrected chi connectivity index (χ4v) is 1.82. The van der Waals surface area contributed by atoms with Crippen LogP contribution in [0.2, 0.25) is 0 Å². The summed E-state index contributed by atoms with van der Waals surface area (Å²) >= 11 is 0. The molecule has 0 saturated carbocycles. The molecule has 0 unspecified atom stereocenters. The van der Waals surface area contributed by atoms with Crippen molar-refractivity contribution in [1.82, 2.24) is 0 Å². The second-order valence-electron chi connectivity index (χ2n) is 5.07. The van der Waals surface area contributed by atoms with Gasteiger partial charge in [0.25, 0.3) is 0 Å². The molecule has 1 atom stereocenters. The first-order valence-corrected chi connectivity index (χ1v) is 6.86. The molecule has 92 valence electrons. The molecule has 0 saturated heterocycles. The molecular weight excluding hydrogens is 184 g/mol. The van der Waals surface area contributed by atoms with Crippen molar-refractivity contribution >= 4 is 0 Å². The van der Waals surface area contributed by atoms with E-state index < -0.39 is 0 Å². The summed E-state index contributed by atoms with van der Waals surface area (Å²) in [5.41, 5.74) is 0. The summed E-state index contributed by atoms with van der Waals surface area (Å²) in [6.07, 6.45) is 11.7. The number of rotatable bonds is 10. The molecule has 1 N–H and O–H groups in total. The normalized spacial score (nSPS) is 13.4. The molecule has 1 nitrogen and oxygen atoms in total. The summed E-state index contributed by atoms with van der Waals surface area (Å²) in [6.45, 7) is 6.44. The molecule has 0 amide bonds. The summed E-state index contributed by atoms with van der Waals surface area (Å²) in [4.78, 5) is 0. The van der Waals surface area contributed by atoms with Gasteiger partial charge in [-0.25, -0.2) is 0 Å². The van der Waals surface area contributed by atoms with Crippen molar-refractivity contribution < 1.29 is 5.11 Å². The number of hydrogen-bond acceptors (Lipinski definition) is 1. The SMILES string of the molecule is CCCCCCCCCC[C@H](O)C(C)C. The van der Waals surface area contributed by atoms with Crippen LogP contribution in [0, 0.1) is 5.92 Å². The van der Waals surface area contributed by atoms with Gasteiger partial charge < -0.3 is 5.11 Å². The van der Waals surface area contributed by atoms with Gasteiger partial charge in [0.2, 0.25) is 0 Å². The molecule has 0 rings (SSSR count). The van der Waals surface area contributed by atoms with E-state index in [0.717, 1.165) is 6.42 Å². The fraction of sp³-hybridized carbons (Fsp3) is 1.00. The number of hydrogen-bond donors (Lipinski definition) is 1. The van der Waals surface area contributed by atoms with E-state index in [4.69, 9.17) is 0 Å². The number of unbranched alkanes of at least 4 members (excludes halogenated alkanes) is 7. The summed E-state index contributed by atoms with van der Waals surface area (Å²) < 4.78 is 0. The zero-order valence-electron chi connectivity index (χ0n) is 11.0. The first-order valence-electron chi connectivity index (χ1n) is 6.86. The predicted molar refractivity (Wildman–Crippen MR) is 68.1 cm³/mol. The van der Waals surface area contributed by atoms with E-state index in [2.05, 4.69) is 20.8 Å². The van der Waals surface area contributed by atoms with Gasteiger partial charge in [-0.05, 0) is 12.3 Å². The summed E-state index contributed by atoms with van der Waals surface area (Å²) in [7, 11) is 0. The predicted octanol–water partition coefficient (Wildman–Crippen LogP) is 4.53. The molecule has 0 heterocycles. The third-order valence-electron chi connectivity index (χ3n) is 3.12. The monoisotopic (exact) mass is 214 g/mol. The van der Waals surface area contributed by atoms with Crippen LogP contribution in [0.25, 0.3) is 0 Å². The van der Waals surface area contributed by atoms with Crippen LogP contribution in [0.15, 0.2) is 0 Å². The van der Waals surface area contributed by atoms with Crippen molar-refractivity contribution in [2.24, 2.45) is 5.92 Å². The van der Waals surface area contributed by atoms with Gasteiger partial charge in [0.05, 0.1) is 6.10 Å². The molecule has 0 aliphatic carbocycles. The quantitative estimate of drug-likeness (QED) is 0.530. The molecule has 0 radical (unpaired) electrons. The number of aliphatic hydroxyl groups excluding tert-OH is 1. The highest BCUT2D eigenvalue weighted by Gasteiger charge is 2.07. The molecule has 0 fully saturated rings. The highest BCUT2D eigenvalue weighted by molar-refractivity contribution is 4.59. The Hall–Kier alpha value is -0.0400. The van der Waals surface area contributed by atoms with E-state index in [-0.39, 0.29) is 6.10 Å². The molecule has 0 aromatic carbocycles. The van der Waals surface area contributed by atoms with Gasteiger partial charge in [0.1, 0.15) is 0 Å². The lowest BCUT2D eigenvalue weighted by molar-refractivity contribution is 0.113. The Morgan fingerprint density at radius 3 is 1.73 bits per heavy atom. The van der Waals surface area contributed by atoms with Crippen molar-refractivity contribution in [3.63, 3.8) is 0 Å². The molecule has 0 bridgehead atoms. The smallest absolute Gasteiger partial charge is 0.0563 e. The molecule has 0 aromatic heterocycles. The first kappa shape index (κ1) is 15.0. The summed E-state index contributed by atoms with van der Waals surface area (Å²) in [5, 5.41) is 9.60. The van der Waals surface area contributed by atoms with Crippen LogP contribution >= 0.6 is 0 Å². The second kappa shape index (κ2) is 10.5. The minimum absolute atomic E-state index is 0.0786. The van der Waals surface area contributed by atoms with Crippen molar-refractivity contribution in [3.05, 3.63) is 0 Å². The van der Waals surface area contributed by atoms with Crippen molar-refractivity contribution in [2.45, 2.75) is 84.7 Å². The Morgan fingerprint density at radius 2 is 1.27 bits per heavy atom. The maximum Gasteiger partial charge on any atom is 0.0563 e. The van der Waals surface area contributed by atoms with Crippen molar-refractivity contribution in [1.29, 1.82) is 0 Å². The molecule has 15 heavy (non-hydrogen) atoms. The van der Waals surface area contributed by atoms with Gasteiger partial charge in [-0.15, -0.1) is 0 Å². The van der Waals surface area contributed by atoms with E-state index in [1.54, 1.807) is 0 Å². The molecule has 0 aliphatic heterocycles. The number of aliphatic hydroxyl groups is 1. The maximum absolute atomic E-state index is 9.60. The third-order valence-corrected chi connectivity index (χ3v) is 3.12. The van der Waals surface area contributed by atoms with E-state index in [0.29, 0.717) is 5.92 Å². The standard InChI is InChI=1S/C14H30O/c1-4-5-6-7-8-9-10-11-12-14(15)13(2)3/h13-15H,4-12H2,1-3H3/t14-/m0/s1. The summed E-state index contributed by atoms with van der Waals surface area (Å²) in [6, 6.07) is 0. The average Bonchev–Trinajstić information content (AvgIpc) is 2.21. The lowest BCUT2D eigenvalue weighted by Gasteiger charge is -2.13. The Morgan fingerprint density at radius 1 is 0.800 bits per heavy atom. The largest absolute Gasteiger partial charge is 0.393 e. The van der Waals surface area contributed by atoms with Crippen LogP contribution in [0.5, 0.6) is 0 Å². The molecule has 0 aliphatic rings. The minimum Gasteiger partial charge on any atom is -0.393 e. The Labute approximate surface area is 96.3 Å². The lowest BCUT2D eigenvalue weighted by atomic mass is 10.00. The third kappa shape index (κ3) is 10.2. The van der Waals surface area contributed by atoms with Crippen LogP contribution in [-0.2, 0) is 0 Å². The van der Waals surface area contributed by atoms with Crippen LogP contribution in [-0.4, -0.2) is 11.2 Å². The van der Waals surface area contributed by atoms with Gasteiger partial charge in [-0.1, -0.05) is 72.1 Å². The van der Waals surface area contributed by atoms with E-state index in [9.17, 15) is 5.11 Å². The molecular formula is C14H30O. The molecule has 1 heteroatoms. The highest BCUT2D eigenvalue weighted by atomic mass is 16.3. The van der Waals surface area contributed by atoms with Gasteiger partial charge in [0.15, 0.2) is 0 Å². The maximum atomic E-state index is 9.60. The Kier molecular flexibility index (Phi) is 10.4. The Bertz CT molecular complexity index is 121. The average molecular weight is 214 g/mol. The van der Waals surface area contributed by atoms with E-state index >= 15 is 0 Å². The Balaban J connectivity index is 3.05. The molecule has 0 spiro atoms. The van der Waals surface area contributed by atoms with E-state index in [1.165, 1.54) is 51.4 Å². The van der Waals surface area contributed by atoms with Crippen molar-refractivity contribution in [2.75, 3.05) is 0 Å². The van der Waals surface area contributed by atoms with Crippen LogP contribution in [0.3, 0.4) is 0 Å². The van der Waals surface area contributed by atoms with Gasteiger partial charge in [0, 0.05) is 0 Å². The van der Waals surface area contributed by atoms with Crippen LogP contribution in [0.4, 0.5) is 0 Å². The zero-order valence-corrected chi connectivity index (χ0v) is 11.0.